The number of benzene rings is 3. The van der Waals surface area contributed by atoms with Crippen molar-refractivity contribution in [2.45, 2.75) is 64.2 Å². The van der Waals surface area contributed by atoms with Gasteiger partial charge in [0.15, 0.2) is 0 Å². The molecule has 0 radical (unpaired) electrons. The summed E-state index contributed by atoms with van der Waals surface area (Å²) < 4.78 is 40.4. The number of nitrogens with zero attached hydrogens (tertiary/aromatic N) is 3. The third-order valence-corrected chi connectivity index (χ3v) is 9.02. The van der Waals surface area contributed by atoms with Crippen molar-refractivity contribution >= 4 is 12.5 Å². The standard InChI is InChI=1S/C38H43F3N4.C2H4/c1-4-28-21-22-35(38(39,40)41)44-37(28)45-25-29(5-2)34(26-45)33-16-11-13-27(24-33)12-9-10-23-43-36(42-3)32-19-17-31(18-20-32)30-14-7-6-8-15-30;1-2/h6-8,11,13-22,24,29,34,36,43H,3-5,9-10,12,23,25-26H2,1-2H3;1-2H2. The van der Waals surface area contributed by atoms with Crippen molar-refractivity contribution in [1.29, 1.82) is 0 Å². The van der Waals surface area contributed by atoms with E-state index in [0.29, 0.717) is 31.2 Å². The van der Waals surface area contributed by atoms with E-state index < -0.39 is 11.9 Å². The van der Waals surface area contributed by atoms with Gasteiger partial charge >= 0.3 is 6.18 Å². The number of hydrogen-bond donors (Lipinski definition) is 1. The first-order valence-corrected chi connectivity index (χ1v) is 16.6. The summed E-state index contributed by atoms with van der Waals surface area (Å²) in [6.45, 7) is 16.2. The highest BCUT2D eigenvalue weighted by atomic mass is 19.4. The smallest absolute Gasteiger partial charge is 0.355 e. The summed E-state index contributed by atoms with van der Waals surface area (Å²) in [5.41, 5.74) is 6.07. The van der Waals surface area contributed by atoms with Crippen molar-refractivity contribution in [2.24, 2.45) is 10.9 Å². The van der Waals surface area contributed by atoms with Gasteiger partial charge in [0.25, 0.3) is 0 Å². The second-order valence-electron chi connectivity index (χ2n) is 11.9. The van der Waals surface area contributed by atoms with Crippen LogP contribution in [0.5, 0.6) is 0 Å². The molecule has 4 nitrogen and oxygen atoms in total. The summed E-state index contributed by atoms with van der Waals surface area (Å²) in [5, 5.41) is 3.53. The minimum atomic E-state index is -4.45. The number of anilines is 1. The predicted molar refractivity (Wildman–Crippen MR) is 190 cm³/mol. The Balaban J connectivity index is 0.00000245. The van der Waals surface area contributed by atoms with Crippen LogP contribution in [0.25, 0.3) is 11.1 Å². The Kier molecular flexibility index (Phi) is 12.9. The van der Waals surface area contributed by atoms with Crippen molar-refractivity contribution in [1.82, 2.24) is 10.3 Å². The summed E-state index contributed by atoms with van der Waals surface area (Å²) >= 11 is 0. The van der Waals surface area contributed by atoms with E-state index in [2.05, 4.69) is 108 Å². The van der Waals surface area contributed by atoms with Crippen LogP contribution in [-0.4, -0.2) is 31.3 Å². The monoisotopic (exact) mass is 640 g/mol. The molecular formula is C40H47F3N4. The highest BCUT2D eigenvalue weighted by Gasteiger charge is 2.37. The van der Waals surface area contributed by atoms with Crippen LogP contribution in [-0.2, 0) is 19.0 Å². The first-order chi connectivity index (χ1) is 22.8. The number of hydrogen-bond acceptors (Lipinski definition) is 4. The lowest BCUT2D eigenvalue weighted by Gasteiger charge is -2.22. The van der Waals surface area contributed by atoms with Crippen molar-refractivity contribution < 1.29 is 13.2 Å². The average Bonchev–Trinajstić information content (AvgIpc) is 3.55. The van der Waals surface area contributed by atoms with Crippen LogP contribution in [0.1, 0.15) is 73.1 Å². The molecule has 5 rings (SSSR count). The number of halogens is 3. The fourth-order valence-electron chi connectivity index (χ4n) is 6.47. The van der Waals surface area contributed by atoms with Crippen molar-refractivity contribution in [3.8, 4) is 11.1 Å². The summed E-state index contributed by atoms with van der Waals surface area (Å²) in [5.74, 6) is 1.09. The minimum Gasteiger partial charge on any atom is -0.355 e. The summed E-state index contributed by atoms with van der Waals surface area (Å²) in [6.07, 6.45) is 0.0248. The number of rotatable bonds is 13. The van der Waals surface area contributed by atoms with E-state index in [1.165, 1.54) is 22.3 Å². The molecule has 1 aliphatic heterocycles. The molecule has 0 bridgehead atoms. The molecule has 4 aromatic rings. The fraction of sp³-hybridized carbons (Fsp3) is 0.350. The van der Waals surface area contributed by atoms with Gasteiger partial charge in [-0.1, -0.05) is 105 Å². The first kappa shape index (κ1) is 35.6. The molecule has 2 heterocycles. The highest BCUT2D eigenvalue weighted by Crippen LogP contribution is 2.39. The molecule has 1 aromatic heterocycles. The number of alkyl halides is 3. The molecular weight excluding hydrogens is 593 g/mol. The average molecular weight is 641 g/mol. The number of aliphatic imine (C=N–C) groups is 1. The lowest BCUT2D eigenvalue weighted by atomic mass is 9.86. The van der Waals surface area contributed by atoms with Crippen LogP contribution >= 0.6 is 0 Å². The Morgan fingerprint density at radius 1 is 0.894 bits per heavy atom. The van der Waals surface area contributed by atoms with Gasteiger partial charge in [-0.3, -0.25) is 10.3 Å². The van der Waals surface area contributed by atoms with Crippen LogP contribution in [0.15, 0.2) is 109 Å². The molecule has 0 aliphatic carbocycles. The molecule has 1 aliphatic rings. The Labute approximate surface area is 278 Å². The van der Waals surface area contributed by atoms with Crippen molar-refractivity contribution in [3.05, 3.63) is 132 Å². The zero-order chi connectivity index (χ0) is 33.8. The molecule has 1 fully saturated rings. The van der Waals surface area contributed by atoms with E-state index in [9.17, 15) is 13.2 Å². The van der Waals surface area contributed by atoms with Gasteiger partial charge in [-0.05, 0) is 84.3 Å². The van der Waals surface area contributed by atoms with Gasteiger partial charge in [0.1, 0.15) is 17.7 Å². The van der Waals surface area contributed by atoms with Gasteiger partial charge < -0.3 is 4.90 Å². The molecule has 1 N–H and O–H groups in total. The van der Waals surface area contributed by atoms with Crippen LogP contribution in [0.2, 0.25) is 0 Å². The van der Waals surface area contributed by atoms with E-state index in [1.54, 1.807) is 6.07 Å². The number of aromatic nitrogens is 1. The minimum absolute atomic E-state index is 0.144. The van der Waals surface area contributed by atoms with Gasteiger partial charge in [0, 0.05) is 19.0 Å². The van der Waals surface area contributed by atoms with Gasteiger partial charge in [0.05, 0.1) is 0 Å². The molecule has 0 spiro atoms. The maximum Gasteiger partial charge on any atom is 0.433 e. The Morgan fingerprint density at radius 3 is 2.28 bits per heavy atom. The quantitative estimate of drug-likeness (QED) is 0.0898. The maximum absolute atomic E-state index is 13.5. The Hall–Kier alpha value is -4.23. The molecule has 3 atom stereocenters. The topological polar surface area (TPSA) is 40.5 Å². The van der Waals surface area contributed by atoms with E-state index in [-0.39, 0.29) is 12.1 Å². The van der Waals surface area contributed by atoms with Crippen LogP contribution in [0.4, 0.5) is 19.0 Å². The molecule has 0 saturated carbocycles. The SMILES string of the molecule is C=C.C=NC(NCCCCc1cccc(C2CN(c3nc(C(F)(F)F)ccc3CC)CC2CC)c1)c1ccc(-c2ccccc2)cc1. The number of unbranched alkanes of at least 4 members (excludes halogenated alkanes) is 1. The number of nitrogens with one attached hydrogen (secondary N) is 1. The van der Waals surface area contributed by atoms with Crippen molar-refractivity contribution in [2.75, 3.05) is 24.5 Å². The van der Waals surface area contributed by atoms with E-state index >= 15 is 0 Å². The second kappa shape index (κ2) is 17.1. The molecule has 1 saturated heterocycles. The molecule has 3 aromatic carbocycles. The zero-order valence-electron chi connectivity index (χ0n) is 27.6. The Morgan fingerprint density at radius 2 is 1.62 bits per heavy atom. The molecule has 3 unspecified atom stereocenters. The first-order valence-electron chi connectivity index (χ1n) is 16.6. The summed E-state index contributed by atoms with van der Waals surface area (Å²) in [6, 6.07) is 30.3. The molecule has 0 amide bonds. The summed E-state index contributed by atoms with van der Waals surface area (Å²) in [4.78, 5) is 10.5. The van der Waals surface area contributed by atoms with Gasteiger partial charge in [-0.2, -0.15) is 13.2 Å². The van der Waals surface area contributed by atoms with E-state index in [4.69, 9.17) is 0 Å². The Bertz CT molecular complexity index is 1550. The van der Waals surface area contributed by atoms with Crippen LogP contribution in [0, 0.1) is 5.92 Å². The highest BCUT2D eigenvalue weighted by molar-refractivity contribution is 5.63. The van der Waals surface area contributed by atoms with Crippen molar-refractivity contribution in [3.63, 3.8) is 0 Å². The lowest BCUT2D eigenvalue weighted by molar-refractivity contribution is -0.141. The fourth-order valence-corrected chi connectivity index (χ4v) is 6.47. The molecule has 248 valence electrons. The largest absolute Gasteiger partial charge is 0.433 e. The van der Waals surface area contributed by atoms with E-state index in [1.807, 2.05) is 25.1 Å². The second-order valence-corrected chi connectivity index (χ2v) is 11.9. The third-order valence-electron chi connectivity index (χ3n) is 9.02. The molecule has 47 heavy (non-hydrogen) atoms. The maximum atomic E-state index is 13.5. The number of aryl methyl sites for hydroxylation is 2. The zero-order valence-corrected chi connectivity index (χ0v) is 27.6. The lowest BCUT2D eigenvalue weighted by Crippen LogP contribution is -2.24. The van der Waals surface area contributed by atoms with Crippen LogP contribution < -0.4 is 10.2 Å². The number of pyridine rings is 1. The van der Waals surface area contributed by atoms with Crippen LogP contribution in [0.3, 0.4) is 0 Å². The summed E-state index contributed by atoms with van der Waals surface area (Å²) in [7, 11) is 0. The predicted octanol–water partition coefficient (Wildman–Crippen LogP) is 10.1. The normalized spacial score (nSPS) is 16.7. The van der Waals surface area contributed by atoms with Gasteiger partial charge in [-0.25, -0.2) is 4.98 Å². The molecule has 7 heteroatoms. The van der Waals surface area contributed by atoms with E-state index in [0.717, 1.165) is 49.4 Å². The third kappa shape index (κ3) is 9.19. The van der Waals surface area contributed by atoms with Gasteiger partial charge in [-0.15, -0.1) is 13.2 Å². The van der Waals surface area contributed by atoms with Gasteiger partial charge in [0.2, 0.25) is 0 Å².